The number of thiophene rings is 1. The lowest BCUT2D eigenvalue weighted by atomic mass is 10.2. The number of halogens is 1. The van der Waals surface area contributed by atoms with Crippen molar-refractivity contribution in [2.45, 2.75) is 4.21 Å². The molecule has 0 aliphatic carbocycles. The molecule has 0 bridgehead atoms. The number of hydrogen-bond acceptors (Lipinski definition) is 5. The highest BCUT2D eigenvalue weighted by atomic mass is 32.2. The largest absolute Gasteiger partial charge is 0.343 e. The van der Waals surface area contributed by atoms with Crippen LogP contribution < -0.4 is 5.32 Å². The zero-order chi connectivity index (χ0) is 19.4. The van der Waals surface area contributed by atoms with Gasteiger partial charge in [0.15, 0.2) is 0 Å². The van der Waals surface area contributed by atoms with E-state index in [1.165, 1.54) is 33.5 Å². The molecule has 1 aliphatic heterocycles. The quantitative estimate of drug-likeness (QED) is 0.800. The molecule has 27 heavy (non-hydrogen) atoms. The summed E-state index contributed by atoms with van der Waals surface area (Å²) in [5, 5.41) is 4.20. The predicted molar refractivity (Wildman–Crippen MR) is 98.4 cm³/mol. The number of nitrogens with one attached hydrogen (secondary N) is 1. The van der Waals surface area contributed by atoms with Crippen LogP contribution in [-0.4, -0.2) is 62.2 Å². The van der Waals surface area contributed by atoms with E-state index in [4.69, 9.17) is 0 Å². The van der Waals surface area contributed by atoms with Gasteiger partial charge in [0.2, 0.25) is 5.91 Å². The first-order valence-electron chi connectivity index (χ1n) is 8.23. The van der Waals surface area contributed by atoms with E-state index in [1.807, 2.05) is 0 Å². The van der Waals surface area contributed by atoms with Crippen molar-refractivity contribution >= 4 is 33.2 Å². The van der Waals surface area contributed by atoms with Gasteiger partial charge in [-0.25, -0.2) is 12.8 Å². The van der Waals surface area contributed by atoms with E-state index < -0.39 is 21.7 Å². The molecule has 1 aromatic heterocycles. The number of sulfonamides is 1. The molecule has 10 heteroatoms. The van der Waals surface area contributed by atoms with Crippen LogP contribution in [0.15, 0.2) is 46.0 Å². The second kappa shape index (κ2) is 8.15. The van der Waals surface area contributed by atoms with Gasteiger partial charge >= 0.3 is 0 Å². The molecule has 0 atom stereocenters. The summed E-state index contributed by atoms with van der Waals surface area (Å²) in [6.07, 6.45) is 0. The summed E-state index contributed by atoms with van der Waals surface area (Å²) in [7, 11) is -3.52. The molecule has 1 saturated heterocycles. The van der Waals surface area contributed by atoms with Crippen molar-refractivity contribution < 1.29 is 22.4 Å². The van der Waals surface area contributed by atoms with Crippen LogP contribution in [0.25, 0.3) is 0 Å². The van der Waals surface area contributed by atoms with E-state index in [0.717, 1.165) is 11.3 Å². The Morgan fingerprint density at radius 2 is 1.74 bits per heavy atom. The van der Waals surface area contributed by atoms with Gasteiger partial charge in [0.05, 0.1) is 6.54 Å². The molecule has 2 aromatic rings. The van der Waals surface area contributed by atoms with E-state index in [0.29, 0.717) is 0 Å². The van der Waals surface area contributed by atoms with E-state index in [2.05, 4.69) is 5.32 Å². The van der Waals surface area contributed by atoms with Gasteiger partial charge in [0, 0.05) is 31.7 Å². The Morgan fingerprint density at radius 3 is 2.33 bits per heavy atom. The SMILES string of the molecule is O=C(NCC(=O)N1CCN(S(=O)(=O)c2cccs2)CC1)c1ccc(F)cc1. The van der Waals surface area contributed by atoms with Gasteiger partial charge < -0.3 is 10.2 Å². The maximum absolute atomic E-state index is 12.9. The minimum absolute atomic E-state index is 0.201. The molecule has 2 heterocycles. The Balaban J connectivity index is 1.50. The third-order valence-electron chi connectivity index (χ3n) is 4.19. The number of rotatable bonds is 5. The smallest absolute Gasteiger partial charge is 0.252 e. The first kappa shape index (κ1) is 19.5. The third kappa shape index (κ3) is 4.52. The van der Waals surface area contributed by atoms with Gasteiger partial charge in [-0.15, -0.1) is 11.3 Å². The Morgan fingerprint density at radius 1 is 1.07 bits per heavy atom. The minimum atomic E-state index is -3.52. The zero-order valence-corrected chi connectivity index (χ0v) is 15.9. The summed E-state index contributed by atoms with van der Waals surface area (Å²) < 4.78 is 39.5. The van der Waals surface area contributed by atoms with Gasteiger partial charge in [-0.3, -0.25) is 9.59 Å². The molecule has 0 spiro atoms. The van der Waals surface area contributed by atoms with Gasteiger partial charge in [0.25, 0.3) is 15.9 Å². The average molecular weight is 411 g/mol. The standard InChI is InChI=1S/C17H18FN3O4S2/c18-14-5-3-13(4-6-14)17(23)19-12-15(22)20-7-9-21(10-8-20)27(24,25)16-2-1-11-26-16/h1-6,11H,7-10,12H2,(H,19,23). The molecular formula is C17H18FN3O4S2. The second-order valence-corrected chi connectivity index (χ2v) is 9.02. The fourth-order valence-electron chi connectivity index (χ4n) is 2.69. The van der Waals surface area contributed by atoms with Crippen molar-refractivity contribution in [2.75, 3.05) is 32.7 Å². The van der Waals surface area contributed by atoms with Crippen LogP contribution in [0.2, 0.25) is 0 Å². The Labute approximate surface area is 160 Å². The summed E-state index contributed by atoms with van der Waals surface area (Å²) in [6, 6.07) is 8.25. The molecule has 0 unspecified atom stereocenters. The Kier molecular flexibility index (Phi) is 5.88. The summed E-state index contributed by atoms with van der Waals surface area (Å²) in [5.74, 6) is -1.21. The maximum Gasteiger partial charge on any atom is 0.252 e. The summed E-state index contributed by atoms with van der Waals surface area (Å²) >= 11 is 1.16. The number of benzene rings is 1. The second-order valence-electron chi connectivity index (χ2n) is 5.91. The van der Waals surface area contributed by atoms with Gasteiger partial charge in [0.1, 0.15) is 10.0 Å². The van der Waals surface area contributed by atoms with E-state index in [9.17, 15) is 22.4 Å². The molecule has 1 aliphatic rings. The number of nitrogens with zero attached hydrogens (tertiary/aromatic N) is 2. The number of amides is 2. The van der Waals surface area contributed by atoms with E-state index in [1.54, 1.807) is 17.5 Å². The molecule has 1 N–H and O–H groups in total. The highest BCUT2D eigenvalue weighted by Crippen LogP contribution is 2.22. The first-order chi connectivity index (χ1) is 12.9. The van der Waals surface area contributed by atoms with Crippen LogP contribution in [0.4, 0.5) is 4.39 Å². The first-order valence-corrected chi connectivity index (χ1v) is 10.5. The van der Waals surface area contributed by atoms with Gasteiger partial charge in [-0.2, -0.15) is 4.31 Å². The van der Waals surface area contributed by atoms with Crippen molar-refractivity contribution in [3.8, 4) is 0 Å². The molecule has 144 valence electrons. The lowest BCUT2D eigenvalue weighted by Crippen LogP contribution is -2.52. The summed E-state index contributed by atoms with van der Waals surface area (Å²) in [4.78, 5) is 25.7. The molecular weight excluding hydrogens is 393 g/mol. The van der Waals surface area contributed by atoms with Crippen LogP contribution in [0.3, 0.4) is 0 Å². The maximum atomic E-state index is 12.9. The van der Waals surface area contributed by atoms with Crippen molar-refractivity contribution in [1.82, 2.24) is 14.5 Å². The minimum Gasteiger partial charge on any atom is -0.343 e. The fourth-order valence-corrected chi connectivity index (χ4v) is 5.25. The van der Waals surface area contributed by atoms with Gasteiger partial charge in [-0.05, 0) is 35.7 Å². The topological polar surface area (TPSA) is 86.8 Å². The van der Waals surface area contributed by atoms with Crippen LogP contribution >= 0.6 is 11.3 Å². The van der Waals surface area contributed by atoms with Crippen LogP contribution in [0.1, 0.15) is 10.4 Å². The third-order valence-corrected chi connectivity index (χ3v) is 7.46. The van der Waals surface area contributed by atoms with Crippen molar-refractivity contribution in [3.63, 3.8) is 0 Å². The Hall–Kier alpha value is -2.30. The Bertz CT molecular complexity index is 906. The molecule has 0 saturated carbocycles. The van der Waals surface area contributed by atoms with Crippen molar-refractivity contribution in [1.29, 1.82) is 0 Å². The van der Waals surface area contributed by atoms with Crippen molar-refractivity contribution in [2.24, 2.45) is 0 Å². The molecule has 2 amide bonds. The van der Waals surface area contributed by atoms with Crippen LogP contribution in [0.5, 0.6) is 0 Å². The highest BCUT2D eigenvalue weighted by Gasteiger charge is 2.30. The lowest BCUT2D eigenvalue weighted by molar-refractivity contribution is -0.131. The zero-order valence-electron chi connectivity index (χ0n) is 14.3. The van der Waals surface area contributed by atoms with Crippen molar-refractivity contribution in [3.05, 3.63) is 53.2 Å². The van der Waals surface area contributed by atoms with Gasteiger partial charge in [-0.1, -0.05) is 6.07 Å². The molecule has 7 nitrogen and oxygen atoms in total. The summed E-state index contributed by atoms with van der Waals surface area (Å²) in [5.41, 5.74) is 0.260. The summed E-state index contributed by atoms with van der Waals surface area (Å²) in [6.45, 7) is 0.732. The number of carbonyl (C=O) groups excluding carboxylic acids is 2. The number of carbonyl (C=O) groups is 2. The monoisotopic (exact) mass is 411 g/mol. The number of hydrogen-bond donors (Lipinski definition) is 1. The molecule has 3 rings (SSSR count). The van der Waals surface area contributed by atoms with Crippen LogP contribution in [-0.2, 0) is 14.8 Å². The fraction of sp³-hybridized carbons (Fsp3) is 0.294. The molecule has 0 radical (unpaired) electrons. The average Bonchev–Trinajstić information content (AvgIpc) is 3.22. The molecule has 1 aromatic carbocycles. The molecule has 1 fully saturated rings. The van der Waals surface area contributed by atoms with E-state index >= 15 is 0 Å². The highest BCUT2D eigenvalue weighted by molar-refractivity contribution is 7.91. The number of piperazine rings is 1. The van der Waals surface area contributed by atoms with E-state index in [-0.39, 0.29) is 48.4 Å². The predicted octanol–water partition coefficient (Wildman–Crippen LogP) is 1.15. The van der Waals surface area contributed by atoms with Crippen LogP contribution in [0, 0.1) is 5.82 Å². The lowest BCUT2D eigenvalue weighted by Gasteiger charge is -2.33. The normalized spacial score (nSPS) is 15.5.